The van der Waals surface area contributed by atoms with Crippen molar-refractivity contribution in [1.29, 1.82) is 0 Å². The van der Waals surface area contributed by atoms with Crippen LogP contribution in [0.4, 0.5) is 0 Å². The third kappa shape index (κ3) is 2.96. The molecule has 0 amide bonds. The van der Waals surface area contributed by atoms with Gasteiger partial charge in [0.2, 0.25) is 5.89 Å². The monoisotopic (exact) mass is 243 g/mol. The van der Waals surface area contributed by atoms with Crippen LogP contribution < -0.4 is 5.73 Å². The fourth-order valence-electron chi connectivity index (χ4n) is 1.93. The Labute approximate surface area is 99.1 Å². The zero-order chi connectivity index (χ0) is 11.4. The predicted molar refractivity (Wildman–Crippen MR) is 61.1 cm³/mol. The van der Waals surface area contributed by atoms with E-state index in [2.05, 4.69) is 10.2 Å². The molecule has 1 saturated carbocycles. The van der Waals surface area contributed by atoms with Gasteiger partial charge in [0, 0.05) is 12.4 Å². The zero-order valence-corrected chi connectivity index (χ0v) is 10.2. The van der Waals surface area contributed by atoms with Gasteiger partial charge in [0.05, 0.1) is 12.6 Å². The molecule has 1 fully saturated rings. The van der Waals surface area contributed by atoms with Crippen LogP contribution in [-0.4, -0.2) is 28.7 Å². The second-order valence-corrected chi connectivity index (χ2v) is 5.18. The summed E-state index contributed by atoms with van der Waals surface area (Å²) in [6, 6.07) is 0. The molecule has 6 heteroatoms. The predicted octanol–water partition coefficient (Wildman–Crippen LogP) is 1.58. The maximum absolute atomic E-state index is 5.41. The van der Waals surface area contributed by atoms with Gasteiger partial charge in [-0.15, -0.1) is 10.2 Å². The molecule has 16 heavy (non-hydrogen) atoms. The van der Waals surface area contributed by atoms with Crippen LogP contribution in [0, 0.1) is 0 Å². The third-order valence-corrected chi connectivity index (χ3v) is 3.93. The third-order valence-electron chi connectivity index (χ3n) is 2.80. The second-order valence-electron chi connectivity index (χ2n) is 3.93. The number of rotatable bonds is 4. The minimum Gasteiger partial charge on any atom is -0.415 e. The molecular weight excluding hydrogens is 226 g/mol. The summed E-state index contributed by atoms with van der Waals surface area (Å²) in [6.45, 7) is 0.304. The molecule has 0 spiro atoms. The highest BCUT2D eigenvalue weighted by Crippen LogP contribution is 2.33. The van der Waals surface area contributed by atoms with Crippen LogP contribution in [0.2, 0.25) is 0 Å². The second kappa shape index (κ2) is 5.65. The summed E-state index contributed by atoms with van der Waals surface area (Å²) in [5.41, 5.74) is 5.41. The molecule has 2 rings (SSSR count). The number of aromatic nitrogens is 2. The quantitative estimate of drug-likeness (QED) is 0.865. The topological polar surface area (TPSA) is 74.2 Å². The van der Waals surface area contributed by atoms with Gasteiger partial charge in [-0.2, -0.15) is 0 Å². The average molecular weight is 243 g/mol. The molecule has 0 bridgehead atoms. The van der Waals surface area contributed by atoms with Crippen molar-refractivity contribution in [2.75, 3.05) is 7.11 Å². The first-order chi connectivity index (χ1) is 7.81. The molecule has 1 aromatic heterocycles. The largest absolute Gasteiger partial charge is 0.415 e. The molecule has 1 heterocycles. The van der Waals surface area contributed by atoms with Gasteiger partial charge >= 0.3 is 0 Å². The molecular formula is C10H17N3O2S. The molecule has 2 N–H and O–H groups in total. The molecule has 1 aliphatic rings. The highest BCUT2D eigenvalue weighted by atomic mass is 32.2. The van der Waals surface area contributed by atoms with Crippen LogP contribution in [0.25, 0.3) is 0 Å². The number of ether oxygens (including phenoxy) is 1. The minimum absolute atomic E-state index is 0.304. The summed E-state index contributed by atoms with van der Waals surface area (Å²) in [6.07, 6.45) is 4.98. The summed E-state index contributed by atoms with van der Waals surface area (Å²) >= 11 is 1.64. The summed E-state index contributed by atoms with van der Waals surface area (Å²) in [5.74, 6) is 0.501. The number of hydrogen-bond donors (Lipinski definition) is 1. The van der Waals surface area contributed by atoms with Gasteiger partial charge in [-0.1, -0.05) is 11.8 Å². The van der Waals surface area contributed by atoms with E-state index < -0.39 is 0 Å². The van der Waals surface area contributed by atoms with Crippen LogP contribution in [0.5, 0.6) is 0 Å². The van der Waals surface area contributed by atoms with Crippen molar-refractivity contribution < 1.29 is 9.15 Å². The summed E-state index contributed by atoms with van der Waals surface area (Å²) in [4.78, 5) is 0. The summed E-state index contributed by atoms with van der Waals surface area (Å²) in [5, 5.41) is 8.95. The smallest absolute Gasteiger partial charge is 0.276 e. The Hall–Kier alpha value is -0.590. The van der Waals surface area contributed by atoms with Gasteiger partial charge in [-0.05, 0) is 25.7 Å². The Morgan fingerprint density at radius 3 is 3.06 bits per heavy atom. The first-order valence-electron chi connectivity index (χ1n) is 5.53. The van der Waals surface area contributed by atoms with E-state index in [1.807, 2.05) is 0 Å². The lowest BCUT2D eigenvalue weighted by Gasteiger charge is -2.26. The normalized spacial score (nSPS) is 25.9. The summed E-state index contributed by atoms with van der Waals surface area (Å²) in [7, 11) is 1.77. The van der Waals surface area contributed by atoms with Gasteiger partial charge < -0.3 is 14.9 Å². The highest BCUT2D eigenvalue weighted by Gasteiger charge is 2.24. The van der Waals surface area contributed by atoms with Crippen molar-refractivity contribution in [3.63, 3.8) is 0 Å². The number of nitrogens with zero attached hydrogens (tertiary/aromatic N) is 2. The number of hydrogen-bond acceptors (Lipinski definition) is 6. The lowest BCUT2D eigenvalue weighted by molar-refractivity contribution is 0.0729. The Bertz CT molecular complexity index is 332. The molecule has 2 unspecified atom stereocenters. The van der Waals surface area contributed by atoms with Crippen molar-refractivity contribution in [3.05, 3.63) is 5.89 Å². The Morgan fingerprint density at radius 2 is 2.38 bits per heavy atom. The maximum atomic E-state index is 5.41. The first kappa shape index (κ1) is 11.9. The van der Waals surface area contributed by atoms with Crippen LogP contribution in [0.1, 0.15) is 31.6 Å². The lowest BCUT2D eigenvalue weighted by atomic mass is 9.97. The van der Waals surface area contributed by atoms with Crippen molar-refractivity contribution in [3.8, 4) is 0 Å². The molecule has 5 nitrogen and oxygen atoms in total. The van der Waals surface area contributed by atoms with Crippen LogP contribution in [0.15, 0.2) is 9.64 Å². The van der Waals surface area contributed by atoms with Gasteiger partial charge in [0.1, 0.15) is 0 Å². The minimum atomic E-state index is 0.304. The number of nitrogens with two attached hydrogens (primary N) is 1. The van der Waals surface area contributed by atoms with Crippen molar-refractivity contribution in [2.45, 2.75) is 48.8 Å². The molecule has 1 aromatic rings. The maximum Gasteiger partial charge on any atom is 0.276 e. The van der Waals surface area contributed by atoms with Crippen LogP contribution in [-0.2, 0) is 11.3 Å². The molecule has 0 aromatic carbocycles. The lowest BCUT2D eigenvalue weighted by Crippen LogP contribution is -2.23. The fourth-order valence-corrected chi connectivity index (χ4v) is 3.05. The molecule has 1 aliphatic carbocycles. The number of methoxy groups -OCH3 is 1. The zero-order valence-electron chi connectivity index (χ0n) is 9.39. The highest BCUT2D eigenvalue weighted by molar-refractivity contribution is 7.99. The SMILES string of the molecule is COC1CCCC(Sc2nnc(CN)o2)C1. The van der Waals surface area contributed by atoms with E-state index in [-0.39, 0.29) is 0 Å². The Morgan fingerprint density at radius 1 is 1.50 bits per heavy atom. The van der Waals surface area contributed by atoms with Crippen LogP contribution in [0.3, 0.4) is 0 Å². The van der Waals surface area contributed by atoms with Crippen molar-refractivity contribution in [1.82, 2.24) is 10.2 Å². The Kier molecular flexibility index (Phi) is 4.20. The fraction of sp³-hybridized carbons (Fsp3) is 0.800. The van der Waals surface area contributed by atoms with E-state index >= 15 is 0 Å². The van der Waals surface area contributed by atoms with Gasteiger partial charge in [0.25, 0.3) is 5.22 Å². The standard InChI is InChI=1S/C10H17N3O2S/c1-14-7-3-2-4-8(5-7)16-10-13-12-9(6-11)15-10/h7-8H,2-6,11H2,1H3. The first-order valence-corrected chi connectivity index (χ1v) is 6.41. The van der Waals surface area contributed by atoms with Gasteiger partial charge in [-0.25, -0.2) is 0 Å². The van der Waals surface area contributed by atoms with E-state index in [0.29, 0.717) is 29.0 Å². The van der Waals surface area contributed by atoms with Crippen molar-refractivity contribution >= 4 is 11.8 Å². The Balaban J connectivity index is 1.88. The molecule has 0 aliphatic heterocycles. The van der Waals surface area contributed by atoms with Crippen molar-refractivity contribution in [2.24, 2.45) is 5.73 Å². The molecule has 0 saturated heterocycles. The molecule has 90 valence electrons. The van der Waals surface area contributed by atoms with Crippen LogP contribution >= 0.6 is 11.8 Å². The van der Waals surface area contributed by atoms with E-state index in [1.165, 1.54) is 12.8 Å². The van der Waals surface area contributed by atoms with E-state index in [9.17, 15) is 0 Å². The van der Waals surface area contributed by atoms with E-state index in [0.717, 1.165) is 12.8 Å². The van der Waals surface area contributed by atoms with E-state index in [1.54, 1.807) is 18.9 Å². The number of thioether (sulfide) groups is 1. The molecule has 2 atom stereocenters. The molecule has 0 radical (unpaired) electrons. The van der Waals surface area contributed by atoms with Gasteiger partial charge in [-0.3, -0.25) is 0 Å². The van der Waals surface area contributed by atoms with Gasteiger partial charge in [0.15, 0.2) is 0 Å². The average Bonchev–Trinajstić information content (AvgIpc) is 2.77. The van der Waals surface area contributed by atoms with E-state index in [4.69, 9.17) is 14.9 Å². The summed E-state index contributed by atoms with van der Waals surface area (Å²) < 4.78 is 10.8.